The minimum Gasteiger partial charge on any atom is -0.268 e. The molecule has 0 aliphatic carbocycles. The first kappa shape index (κ1) is 16.8. The number of thioether (sulfide) groups is 1. The molecule has 0 unspecified atom stereocenters. The molecular formula is C19H16ClNO2S. The van der Waals surface area contributed by atoms with E-state index in [4.69, 9.17) is 11.6 Å². The van der Waals surface area contributed by atoms with Gasteiger partial charge in [-0.05, 0) is 73.5 Å². The largest absolute Gasteiger partial charge is 0.298 e. The number of amides is 2. The van der Waals surface area contributed by atoms with Crippen LogP contribution < -0.4 is 4.90 Å². The van der Waals surface area contributed by atoms with E-state index in [1.54, 1.807) is 30.3 Å². The van der Waals surface area contributed by atoms with Crippen LogP contribution >= 0.6 is 23.4 Å². The third-order valence-electron chi connectivity index (χ3n) is 3.87. The molecule has 2 aromatic rings. The number of hydrogen-bond donors (Lipinski definition) is 0. The first-order valence-electron chi connectivity index (χ1n) is 7.48. The lowest BCUT2D eigenvalue weighted by atomic mass is 9.99. The van der Waals surface area contributed by atoms with Crippen LogP contribution in [-0.4, -0.2) is 11.1 Å². The van der Waals surface area contributed by atoms with E-state index >= 15 is 0 Å². The summed E-state index contributed by atoms with van der Waals surface area (Å²) < 4.78 is 0. The topological polar surface area (TPSA) is 37.4 Å². The zero-order chi connectivity index (χ0) is 17.4. The van der Waals surface area contributed by atoms with E-state index in [0.717, 1.165) is 28.5 Å². The number of aryl methyl sites for hydroxylation is 3. The monoisotopic (exact) mass is 357 g/mol. The summed E-state index contributed by atoms with van der Waals surface area (Å²) in [6.07, 6.45) is 1.81. The molecule has 122 valence electrons. The predicted molar refractivity (Wildman–Crippen MR) is 101 cm³/mol. The molecule has 1 aliphatic rings. The molecule has 3 nitrogen and oxygen atoms in total. The maximum atomic E-state index is 12.7. The molecular weight excluding hydrogens is 342 g/mol. The van der Waals surface area contributed by atoms with Crippen molar-refractivity contribution in [1.82, 2.24) is 0 Å². The highest BCUT2D eigenvalue weighted by molar-refractivity contribution is 8.19. The van der Waals surface area contributed by atoms with Crippen LogP contribution in [0.5, 0.6) is 0 Å². The van der Waals surface area contributed by atoms with E-state index in [0.29, 0.717) is 15.6 Å². The number of carbonyl (C=O) groups excluding carboxylic acids is 2. The van der Waals surface area contributed by atoms with Gasteiger partial charge in [-0.25, -0.2) is 4.90 Å². The van der Waals surface area contributed by atoms with Crippen molar-refractivity contribution in [2.24, 2.45) is 0 Å². The van der Waals surface area contributed by atoms with Gasteiger partial charge < -0.3 is 0 Å². The summed E-state index contributed by atoms with van der Waals surface area (Å²) in [5, 5.41) is 0.177. The number of rotatable bonds is 2. The predicted octanol–water partition coefficient (Wildman–Crippen LogP) is 5.51. The van der Waals surface area contributed by atoms with E-state index in [9.17, 15) is 9.59 Å². The Labute approximate surface area is 150 Å². The zero-order valence-corrected chi connectivity index (χ0v) is 15.2. The second-order valence-corrected chi connectivity index (χ2v) is 7.24. The smallest absolute Gasteiger partial charge is 0.268 e. The van der Waals surface area contributed by atoms with Gasteiger partial charge in [-0.3, -0.25) is 9.59 Å². The minimum absolute atomic E-state index is 0.309. The Morgan fingerprint density at radius 3 is 2.33 bits per heavy atom. The van der Waals surface area contributed by atoms with Gasteiger partial charge in [-0.15, -0.1) is 0 Å². The van der Waals surface area contributed by atoms with E-state index < -0.39 is 0 Å². The molecule has 5 heteroatoms. The summed E-state index contributed by atoms with van der Waals surface area (Å²) in [6, 6.07) is 10.9. The molecule has 1 fully saturated rings. The van der Waals surface area contributed by atoms with Crippen LogP contribution in [0, 0.1) is 20.8 Å². The van der Waals surface area contributed by atoms with Crippen molar-refractivity contribution in [3.05, 3.63) is 68.6 Å². The summed E-state index contributed by atoms with van der Waals surface area (Å²) in [5.74, 6) is -0.313. The lowest BCUT2D eigenvalue weighted by Crippen LogP contribution is -2.27. The summed E-state index contributed by atoms with van der Waals surface area (Å²) in [7, 11) is 0. The molecule has 2 amide bonds. The molecule has 0 aromatic heterocycles. The molecule has 0 atom stereocenters. The van der Waals surface area contributed by atoms with E-state index in [1.165, 1.54) is 10.5 Å². The number of hydrogen-bond acceptors (Lipinski definition) is 3. The quantitative estimate of drug-likeness (QED) is 0.665. The minimum atomic E-state index is -0.313. The van der Waals surface area contributed by atoms with Crippen LogP contribution in [0.1, 0.15) is 22.3 Å². The molecule has 0 N–H and O–H groups in total. The third kappa shape index (κ3) is 3.12. The standard InChI is InChI=1S/C19H16ClNO2S/c1-11-7-12(2)16(13(3)8-11)10-17-18(22)21(19(23)24-17)15-6-4-5-14(20)9-15/h4-10H,1-3H3/b17-10+. The molecule has 1 heterocycles. The van der Waals surface area contributed by atoms with Crippen LogP contribution in [-0.2, 0) is 4.79 Å². The number of benzene rings is 2. The molecule has 0 saturated carbocycles. The Bertz CT molecular complexity index is 866. The Morgan fingerprint density at radius 1 is 1.04 bits per heavy atom. The Morgan fingerprint density at radius 2 is 1.71 bits per heavy atom. The van der Waals surface area contributed by atoms with Crippen molar-refractivity contribution in [2.75, 3.05) is 4.90 Å². The van der Waals surface area contributed by atoms with Crippen LogP contribution in [0.25, 0.3) is 6.08 Å². The summed E-state index contributed by atoms with van der Waals surface area (Å²) in [6.45, 7) is 6.05. The maximum absolute atomic E-state index is 12.7. The van der Waals surface area contributed by atoms with Gasteiger partial charge in [-0.1, -0.05) is 35.4 Å². The lowest BCUT2D eigenvalue weighted by Gasteiger charge is -2.12. The van der Waals surface area contributed by atoms with Gasteiger partial charge in [0, 0.05) is 5.02 Å². The van der Waals surface area contributed by atoms with Crippen LogP contribution in [0.4, 0.5) is 10.5 Å². The van der Waals surface area contributed by atoms with Crippen molar-refractivity contribution in [1.29, 1.82) is 0 Å². The van der Waals surface area contributed by atoms with Crippen molar-refractivity contribution in [2.45, 2.75) is 20.8 Å². The average Bonchev–Trinajstić information content (AvgIpc) is 2.77. The molecule has 1 saturated heterocycles. The number of imide groups is 1. The first-order chi connectivity index (χ1) is 11.4. The van der Waals surface area contributed by atoms with E-state index in [-0.39, 0.29) is 11.1 Å². The summed E-state index contributed by atoms with van der Waals surface area (Å²) >= 11 is 6.92. The van der Waals surface area contributed by atoms with Crippen molar-refractivity contribution in [3.8, 4) is 0 Å². The second kappa shape index (κ2) is 6.46. The van der Waals surface area contributed by atoms with Gasteiger partial charge >= 0.3 is 0 Å². The number of carbonyl (C=O) groups is 2. The molecule has 1 aliphatic heterocycles. The van der Waals surface area contributed by atoms with Crippen molar-refractivity contribution in [3.63, 3.8) is 0 Å². The molecule has 0 radical (unpaired) electrons. The SMILES string of the molecule is Cc1cc(C)c(/C=C2/SC(=O)N(c3cccc(Cl)c3)C2=O)c(C)c1. The molecule has 2 aromatic carbocycles. The second-order valence-electron chi connectivity index (χ2n) is 5.81. The molecule has 0 spiro atoms. The molecule has 0 bridgehead atoms. The summed E-state index contributed by atoms with van der Waals surface area (Å²) in [5.41, 5.74) is 4.82. The summed E-state index contributed by atoms with van der Waals surface area (Å²) in [4.78, 5) is 26.6. The normalized spacial score (nSPS) is 16.3. The number of anilines is 1. The van der Waals surface area contributed by atoms with Crippen molar-refractivity contribution < 1.29 is 9.59 Å². The molecule has 24 heavy (non-hydrogen) atoms. The number of halogens is 1. The van der Waals surface area contributed by atoms with E-state index in [2.05, 4.69) is 12.1 Å². The fourth-order valence-corrected chi connectivity index (χ4v) is 3.86. The van der Waals surface area contributed by atoms with Gasteiger partial charge in [0.1, 0.15) is 0 Å². The number of nitrogens with zero attached hydrogens (tertiary/aromatic N) is 1. The molecule has 3 rings (SSSR count). The van der Waals surface area contributed by atoms with Gasteiger partial charge in [0.05, 0.1) is 10.6 Å². The Balaban J connectivity index is 2.00. The third-order valence-corrected chi connectivity index (χ3v) is 4.98. The average molecular weight is 358 g/mol. The fraction of sp³-hybridized carbons (Fsp3) is 0.158. The lowest BCUT2D eigenvalue weighted by molar-refractivity contribution is -0.113. The van der Waals surface area contributed by atoms with Crippen LogP contribution in [0.3, 0.4) is 0 Å². The maximum Gasteiger partial charge on any atom is 0.298 e. The highest BCUT2D eigenvalue weighted by Gasteiger charge is 2.36. The fourth-order valence-electron chi connectivity index (χ4n) is 2.86. The van der Waals surface area contributed by atoms with Gasteiger partial charge in [-0.2, -0.15) is 0 Å². The van der Waals surface area contributed by atoms with Crippen molar-refractivity contribution >= 4 is 46.3 Å². The highest BCUT2D eigenvalue weighted by Crippen LogP contribution is 2.37. The highest BCUT2D eigenvalue weighted by atomic mass is 35.5. The van der Waals surface area contributed by atoms with Gasteiger partial charge in [0.2, 0.25) is 0 Å². The van der Waals surface area contributed by atoms with Crippen LogP contribution in [0.2, 0.25) is 5.02 Å². The Hall–Kier alpha value is -2.04. The van der Waals surface area contributed by atoms with Crippen LogP contribution in [0.15, 0.2) is 41.3 Å². The first-order valence-corrected chi connectivity index (χ1v) is 8.67. The zero-order valence-electron chi connectivity index (χ0n) is 13.6. The van der Waals surface area contributed by atoms with E-state index in [1.807, 2.05) is 20.8 Å². The van der Waals surface area contributed by atoms with Gasteiger partial charge in [0.15, 0.2) is 0 Å². The Kier molecular flexibility index (Phi) is 4.52. The van der Waals surface area contributed by atoms with Gasteiger partial charge in [0.25, 0.3) is 11.1 Å².